The van der Waals surface area contributed by atoms with Gasteiger partial charge < -0.3 is 24.3 Å². The second-order valence-electron chi connectivity index (χ2n) is 8.53. The molecule has 0 radical (unpaired) electrons. The van der Waals surface area contributed by atoms with E-state index in [0.29, 0.717) is 68.0 Å². The minimum atomic E-state index is -0.299. The molecule has 1 unspecified atom stereocenters. The first-order valence-electron chi connectivity index (χ1n) is 11.6. The summed E-state index contributed by atoms with van der Waals surface area (Å²) in [7, 11) is 1.53. The first kappa shape index (κ1) is 22.4. The molecule has 184 valence electrons. The van der Waals surface area contributed by atoms with Crippen molar-refractivity contribution in [3.05, 3.63) is 70.2 Å². The monoisotopic (exact) mass is 488 g/mol. The maximum atomic E-state index is 12.8. The van der Waals surface area contributed by atoms with Crippen molar-refractivity contribution in [2.24, 2.45) is 0 Å². The van der Waals surface area contributed by atoms with Crippen LogP contribution in [-0.2, 0) is 17.9 Å². The van der Waals surface area contributed by atoms with Crippen molar-refractivity contribution in [2.45, 2.75) is 19.1 Å². The largest absolute Gasteiger partial charge is 0.486 e. The molecule has 6 rings (SSSR count). The number of nitrogens with zero attached hydrogens (tertiary/aromatic N) is 5. The minimum absolute atomic E-state index is 0.0594. The van der Waals surface area contributed by atoms with Crippen molar-refractivity contribution in [1.29, 1.82) is 0 Å². The summed E-state index contributed by atoms with van der Waals surface area (Å²) < 4.78 is 23.8. The molecule has 2 aliphatic rings. The highest BCUT2D eigenvalue weighted by molar-refractivity contribution is 5.72. The first-order valence-corrected chi connectivity index (χ1v) is 11.6. The normalized spacial score (nSPS) is 16.5. The van der Waals surface area contributed by atoms with Gasteiger partial charge in [-0.1, -0.05) is 0 Å². The van der Waals surface area contributed by atoms with Crippen LogP contribution in [-0.4, -0.2) is 58.0 Å². The molecule has 0 aromatic carbocycles. The quantitative estimate of drug-likeness (QED) is 0.429. The zero-order valence-corrected chi connectivity index (χ0v) is 19.6. The van der Waals surface area contributed by atoms with Crippen molar-refractivity contribution < 1.29 is 18.9 Å². The highest BCUT2D eigenvalue weighted by Crippen LogP contribution is 2.30. The van der Waals surface area contributed by atoms with E-state index in [2.05, 4.69) is 20.3 Å². The van der Waals surface area contributed by atoms with Gasteiger partial charge in [0.2, 0.25) is 5.88 Å². The Balaban J connectivity index is 1.22. The molecule has 11 nitrogen and oxygen atoms in total. The molecule has 4 aromatic heterocycles. The van der Waals surface area contributed by atoms with Crippen molar-refractivity contribution in [1.82, 2.24) is 29.8 Å². The first-order chi connectivity index (χ1) is 17.7. The van der Waals surface area contributed by atoms with E-state index in [-0.39, 0.29) is 11.5 Å². The van der Waals surface area contributed by atoms with Crippen LogP contribution in [0, 0.1) is 0 Å². The number of aromatic nitrogens is 5. The summed E-state index contributed by atoms with van der Waals surface area (Å²) >= 11 is 0. The van der Waals surface area contributed by atoms with Crippen LogP contribution in [0.25, 0.3) is 16.9 Å². The molecule has 4 aromatic rings. The van der Waals surface area contributed by atoms with Gasteiger partial charge in [0.15, 0.2) is 17.1 Å². The molecule has 6 heterocycles. The zero-order chi connectivity index (χ0) is 24.5. The summed E-state index contributed by atoms with van der Waals surface area (Å²) in [4.78, 5) is 30.6. The maximum absolute atomic E-state index is 12.8. The smallest absolute Gasteiger partial charge is 0.275 e. The number of hydrogen-bond acceptors (Lipinski definition) is 10. The summed E-state index contributed by atoms with van der Waals surface area (Å²) in [6.45, 7) is 3.29. The van der Waals surface area contributed by atoms with E-state index in [0.717, 1.165) is 22.7 Å². The molecule has 36 heavy (non-hydrogen) atoms. The van der Waals surface area contributed by atoms with E-state index in [1.165, 1.54) is 17.9 Å². The number of rotatable bonds is 6. The molecule has 0 bridgehead atoms. The second-order valence-corrected chi connectivity index (χ2v) is 8.53. The van der Waals surface area contributed by atoms with Crippen LogP contribution in [0.1, 0.15) is 22.9 Å². The molecule has 1 atom stereocenters. The summed E-state index contributed by atoms with van der Waals surface area (Å²) in [5.74, 6) is 1.86. The molecule has 1 N–H and O–H groups in total. The summed E-state index contributed by atoms with van der Waals surface area (Å²) in [5, 5.41) is 3.45. The topological polar surface area (TPSA) is 123 Å². The Labute approximate surface area is 206 Å². The maximum Gasteiger partial charge on any atom is 0.275 e. The van der Waals surface area contributed by atoms with Gasteiger partial charge in [0.25, 0.3) is 5.56 Å². The molecule has 11 heteroatoms. The van der Waals surface area contributed by atoms with E-state index in [4.69, 9.17) is 23.9 Å². The zero-order valence-electron chi connectivity index (χ0n) is 19.6. The van der Waals surface area contributed by atoms with Gasteiger partial charge in [0.1, 0.15) is 18.7 Å². The fourth-order valence-electron chi connectivity index (χ4n) is 4.46. The van der Waals surface area contributed by atoms with E-state index in [1.54, 1.807) is 24.5 Å². The van der Waals surface area contributed by atoms with Crippen molar-refractivity contribution in [3.8, 4) is 23.1 Å². The Bertz CT molecular complexity index is 1490. The number of methoxy groups -OCH3 is 1. The lowest BCUT2D eigenvalue weighted by molar-refractivity contribution is 0.0886. The van der Waals surface area contributed by atoms with Gasteiger partial charge in [-0.15, -0.1) is 0 Å². The third-order valence-electron chi connectivity index (χ3n) is 6.18. The molecular formula is C25H24N6O5. The molecule has 0 aliphatic carbocycles. The van der Waals surface area contributed by atoms with Gasteiger partial charge in [-0.05, 0) is 12.1 Å². The average Bonchev–Trinajstić information content (AvgIpc) is 2.92. The lowest BCUT2D eigenvalue weighted by atomic mass is 9.98. The number of nitrogens with one attached hydrogen (secondary N) is 1. The van der Waals surface area contributed by atoms with Crippen molar-refractivity contribution in [2.75, 3.05) is 33.5 Å². The molecule has 0 fully saturated rings. The molecule has 0 saturated heterocycles. The lowest BCUT2D eigenvalue weighted by Crippen LogP contribution is -2.29. The van der Waals surface area contributed by atoms with Crippen molar-refractivity contribution >= 4 is 11.2 Å². The van der Waals surface area contributed by atoms with Crippen molar-refractivity contribution in [3.63, 3.8) is 0 Å². The predicted molar refractivity (Wildman–Crippen MR) is 129 cm³/mol. The van der Waals surface area contributed by atoms with E-state index < -0.39 is 0 Å². The summed E-state index contributed by atoms with van der Waals surface area (Å²) in [6, 6.07) is 7.31. The van der Waals surface area contributed by atoms with E-state index in [1.807, 2.05) is 12.1 Å². The van der Waals surface area contributed by atoms with Crippen LogP contribution >= 0.6 is 0 Å². The van der Waals surface area contributed by atoms with Crippen LogP contribution in [0.3, 0.4) is 0 Å². The van der Waals surface area contributed by atoms with Crippen LogP contribution in [0.15, 0.2) is 47.7 Å². The number of fused-ring (bicyclic) bond motifs is 3. The van der Waals surface area contributed by atoms with Crippen LogP contribution in [0.5, 0.6) is 17.4 Å². The molecule has 0 saturated carbocycles. The SMILES string of the molecule is COc1ccc2ncc(=O)n(-c3cnc4c(c3)COCC4CNCc3cc4c(cn3)OCCO4)c2n1. The Morgan fingerprint density at radius 2 is 1.97 bits per heavy atom. The Kier molecular flexibility index (Phi) is 5.91. The standard InChI is InChI=1S/C25H24N6O5/c1-33-22-3-2-19-25(30-22)31(23(32)12-28-19)18-6-15-13-34-14-16(24(15)29-10-18)8-26-9-17-7-20-21(11-27-17)36-5-4-35-20/h2-3,6-7,10-12,16,26H,4-5,8-9,13-14H2,1H3. The molecule has 0 spiro atoms. The average molecular weight is 489 g/mol. The number of hydrogen-bond donors (Lipinski definition) is 1. The van der Waals surface area contributed by atoms with E-state index in [9.17, 15) is 4.79 Å². The van der Waals surface area contributed by atoms with Gasteiger partial charge in [0, 0.05) is 36.7 Å². The van der Waals surface area contributed by atoms with Gasteiger partial charge in [0.05, 0.1) is 56.0 Å². The second kappa shape index (κ2) is 9.51. The van der Waals surface area contributed by atoms with Crippen LogP contribution < -0.4 is 25.1 Å². The van der Waals surface area contributed by atoms with E-state index >= 15 is 0 Å². The third kappa shape index (κ3) is 4.23. The molecule has 0 amide bonds. The lowest BCUT2D eigenvalue weighted by Gasteiger charge is -2.25. The number of pyridine rings is 3. The minimum Gasteiger partial charge on any atom is -0.486 e. The van der Waals surface area contributed by atoms with Gasteiger partial charge in [-0.2, -0.15) is 4.98 Å². The third-order valence-corrected chi connectivity index (χ3v) is 6.18. The number of ether oxygens (including phenoxy) is 4. The Morgan fingerprint density at radius 3 is 2.86 bits per heavy atom. The fourth-order valence-corrected chi connectivity index (χ4v) is 4.46. The summed E-state index contributed by atoms with van der Waals surface area (Å²) in [5.41, 5.74) is 4.04. The Hall–Kier alpha value is -4.09. The Morgan fingerprint density at radius 1 is 1.08 bits per heavy atom. The van der Waals surface area contributed by atoms with Crippen LogP contribution in [0.4, 0.5) is 0 Å². The van der Waals surface area contributed by atoms with Crippen LogP contribution in [0.2, 0.25) is 0 Å². The van der Waals surface area contributed by atoms with Gasteiger partial charge in [-0.25, -0.2) is 4.98 Å². The van der Waals surface area contributed by atoms with Gasteiger partial charge >= 0.3 is 0 Å². The molecule has 2 aliphatic heterocycles. The highest BCUT2D eigenvalue weighted by atomic mass is 16.6. The van der Waals surface area contributed by atoms with Gasteiger partial charge in [-0.3, -0.25) is 19.3 Å². The fraction of sp³-hybridized carbons (Fsp3) is 0.320. The molecular weight excluding hydrogens is 464 g/mol. The predicted octanol–water partition coefficient (Wildman–Crippen LogP) is 1.75. The highest BCUT2D eigenvalue weighted by Gasteiger charge is 2.23. The summed E-state index contributed by atoms with van der Waals surface area (Å²) in [6.07, 6.45) is 4.68.